The second-order valence-electron chi connectivity index (χ2n) is 3.20. The van der Waals surface area contributed by atoms with Gasteiger partial charge in [0.05, 0.1) is 0 Å². The van der Waals surface area contributed by atoms with Crippen LogP contribution in [0.3, 0.4) is 0 Å². The molecule has 0 spiro atoms. The van der Waals surface area contributed by atoms with Crippen LogP contribution in [-0.2, 0) is 0 Å². The summed E-state index contributed by atoms with van der Waals surface area (Å²) in [5, 5.41) is 0. The van der Waals surface area contributed by atoms with Gasteiger partial charge in [0.2, 0.25) is 0 Å². The molecule has 0 aromatic carbocycles. The molecule has 0 unspecified atom stereocenters. The average molecular weight is 174 g/mol. The Bertz CT molecular complexity index is 108. The predicted octanol–water partition coefficient (Wildman–Crippen LogP) is 0.773. The normalized spacial score (nSPS) is 26.2. The third-order valence-corrected chi connectivity index (χ3v) is 2.83. The van der Waals surface area contributed by atoms with Crippen LogP contribution in [0, 0.1) is 0 Å². The molecule has 0 bridgehead atoms. The standard InChI is InChI=1S/C8H18N2S/c1-11-6-2-4-10-5-3-8(9)7-10/h8H,2-7,9H2,1H3/t8-/m1/s1. The molecule has 2 N–H and O–H groups in total. The summed E-state index contributed by atoms with van der Waals surface area (Å²) in [5.74, 6) is 1.28. The molecule has 3 heteroatoms. The Morgan fingerprint density at radius 2 is 2.45 bits per heavy atom. The molecule has 1 aliphatic heterocycles. The van der Waals surface area contributed by atoms with E-state index in [-0.39, 0.29) is 0 Å². The molecule has 1 aliphatic rings. The van der Waals surface area contributed by atoms with Crippen molar-refractivity contribution in [1.82, 2.24) is 4.90 Å². The topological polar surface area (TPSA) is 29.3 Å². The fourth-order valence-electron chi connectivity index (χ4n) is 1.50. The Balaban J connectivity index is 1.99. The summed E-state index contributed by atoms with van der Waals surface area (Å²) >= 11 is 1.93. The second kappa shape index (κ2) is 5.01. The molecule has 1 rings (SSSR count). The van der Waals surface area contributed by atoms with E-state index in [0.717, 1.165) is 6.54 Å². The van der Waals surface area contributed by atoms with E-state index in [1.807, 2.05) is 11.8 Å². The Labute approximate surface area is 73.5 Å². The van der Waals surface area contributed by atoms with Crippen molar-refractivity contribution in [3.05, 3.63) is 0 Å². The maximum atomic E-state index is 5.78. The first-order valence-corrected chi connectivity index (χ1v) is 5.69. The van der Waals surface area contributed by atoms with Crippen LogP contribution in [0.25, 0.3) is 0 Å². The summed E-state index contributed by atoms with van der Waals surface area (Å²) in [5.41, 5.74) is 5.78. The zero-order valence-corrected chi connectivity index (χ0v) is 8.07. The van der Waals surface area contributed by atoms with Gasteiger partial charge in [-0.25, -0.2) is 0 Å². The lowest BCUT2D eigenvalue weighted by molar-refractivity contribution is 0.336. The van der Waals surface area contributed by atoms with Crippen molar-refractivity contribution in [3.8, 4) is 0 Å². The number of nitrogens with zero attached hydrogens (tertiary/aromatic N) is 1. The van der Waals surface area contributed by atoms with Crippen LogP contribution >= 0.6 is 11.8 Å². The number of thioether (sulfide) groups is 1. The third-order valence-electron chi connectivity index (χ3n) is 2.13. The molecular formula is C8H18N2S. The molecule has 1 fully saturated rings. The van der Waals surface area contributed by atoms with E-state index in [9.17, 15) is 0 Å². The highest BCUT2D eigenvalue weighted by Crippen LogP contribution is 2.07. The van der Waals surface area contributed by atoms with Crippen LogP contribution in [0.4, 0.5) is 0 Å². The molecule has 0 radical (unpaired) electrons. The largest absolute Gasteiger partial charge is 0.326 e. The molecule has 66 valence electrons. The maximum Gasteiger partial charge on any atom is 0.0180 e. The molecule has 1 atom stereocenters. The number of hydrogen-bond donors (Lipinski definition) is 1. The van der Waals surface area contributed by atoms with Crippen molar-refractivity contribution in [2.24, 2.45) is 5.73 Å². The van der Waals surface area contributed by atoms with Crippen LogP contribution in [0.1, 0.15) is 12.8 Å². The van der Waals surface area contributed by atoms with Crippen LogP contribution in [-0.4, -0.2) is 42.6 Å². The van der Waals surface area contributed by atoms with Crippen LogP contribution in [0.15, 0.2) is 0 Å². The van der Waals surface area contributed by atoms with Crippen LogP contribution < -0.4 is 5.73 Å². The van der Waals surface area contributed by atoms with Crippen molar-refractivity contribution in [2.45, 2.75) is 18.9 Å². The summed E-state index contributed by atoms with van der Waals surface area (Å²) < 4.78 is 0. The van der Waals surface area contributed by atoms with Gasteiger partial charge in [-0.1, -0.05) is 0 Å². The number of nitrogens with two attached hydrogens (primary N) is 1. The minimum atomic E-state index is 0.448. The van der Waals surface area contributed by atoms with Gasteiger partial charge >= 0.3 is 0 Å². The molecule has 0 saturated carbocycles. The molecular weight excluding hydrogens is 156 g/mol. The highest BCUT2D eigenvalue weighted by Gasteiger charge is 2.17. The van der Waals surface area contributed by atoms with Gasteiger partial charge in [-0.3, -0.25) is 0 Å². The smallest absolute Gasteiger partial charge is 0.0180 e. The van der Waals surface area contributed by atoms with E-state index in [1.165, 1.54) is 31.7 Å². The summed E-state index contributed by atoms with van der Waals surface area (Å²) in [6.07, 6.45) is 4.67. The summed E-state index contributed by atoms with van der Waals surface area (Å²) in [6.45, 7) is 3.58. The molecule has 0 aromatic rings. The first-order chi connectivity index (χ1) is 5.33. The molecule has 11 heavy (non-hydrogen) atoms. The van der Waals surface area contributed by atoms with Crippen molar-refractivity contribution in [3.63, 3.8) is 0 Å². The Morgan fingerprint density at radius 3 is 3.00 bits per heavy atom. The van der Waals surface area contributed by atoms with Crippen LogP contribution in [0.5, 0.6) is 0 Å². The first-order valence-electron chi connectivity index (χ1n) is 4.30. The van der Waals surface area contributed by atoms with E-state index in [2.05, 4.69) is 11.2 Å². The van der Waals surface area contributed by atoms with Gasteiger partial charge in [0.15, 0.2) is 0 Å². The summed E-state index contributed by atoms with van der Waals surface area (Å²) in [4.78, 5) is 2.47. The number of hydrogen-bond acceptors (Lipinski definition) is 3. The van der Waals surface area contributed by atoms with Gasteiger partial charge in [0.1, 0.15) is 0 Å². The SMILES string of the molecule is CSCCCN1CC[C@@H](N)C1. The monoisotopic (exact) mass is 174 g/mol. The van der Waals surface area contributed by atoms with Gasteiger partial charge < -0.3 is 10.6 Å². The van der Waals surface area contributed by atoms with Crippen molar-refractivity contribution >= 4 is 11.8 Å². The van der Waals surface area contributed by atoms with Crippen LogP contribution in [0.2, 0.25) is 0 Å². The first kappa shape index (κ1) is 9.36. The minimum absolute atomic E-state index is 0.448. The minimum Gasteiger partial charge on any atom is -0.326 e. The molecule has 0 amide bonds. The lowest BCUT2D eigenvalue weighted by atomic mass is 10.3. The predicted molar refractivity (Wildman–Crippen MR) is 52.0 cm³/mol. The Kier molecular flexibility index (Phi) is 4.26. The highest BCUT2D eigenvalue weighted by atomic mass is 32.2. The maximum absolute atomic E-state index is 5.78. The van der Waals surface area contributed by atoms with E-state index in [0.29, 0.717) is 6.04 Å². The van der Waals surface area contributed by atoms with E-state index in [1.54, 1.807) is 0 Å². The lowest BCUT2D eigenvalue weighted by Crippen LogP contribution is -2.27. The molecule has 1 heterocycles. The fraction of sp³-hybridized carbons (Fsp3) is 1.00. The van der Waals surface area contributed by atoms with E-state index < -0.39 is 0 Å². The Morgan fingerprint density at radius 1 is 1.64 bits per heavy atom. The molecule has 0 aromatic heterocycles. The zero-order chi connectivity index (χ0) is 8.10. The van der Waals surface area contributed by atoms with Crippen molar-refractivity contribution in [2.75, 3.05) is 31.6 Å². The zero-order valence-electron chi connectivity index (χ0n) is 7.25. The highest BCUT2D eigenvalue weighted by molar-refractivity contribution is 7.98. The van der Waals surface area contributed by atoms with Gasteiger partial charge in [-0.15, -0.1) is 0 Å². The fourth-order valence-corrected chi connectivity index (χ4v) is 1.92. The number of rotatable bonds is 4. The number of likely N-dealkylation sites (tertiary alicyclic amines) is 1. The van der Waals surface area contributed by atoms with Gasteiger partial charge in [-0.05, 0) is 37.9 Å². The molecule has 0 aliphatic carbocycles. The Hall–Kier alpha value is 0.270. The summed E-state index contributed by atoms with van der Waals surface area (Å²) in [6, 6.07) is 0.448. The van der Waals surface area contributed by atoms with E-state index >= 15 is 0 Å². The van der Waals surface area contributed by atoms with Crippen molar-refractivity contribution in [1.29, 1.82) is 0 Å². The van der Waals surface area contributed by atoms with Gasteiger partial charge in [-0.2, -0.15) is 11.8 Å². The van der Waals surface area contributed by atoms with Crippen molar-refractivity contribution < 1.29 is 0 Å². The molecule has 1 saturated heterocycles. The average Bonchev–Trinajstić information content (AvgIpc) is 2.37. The second-order valence-corrected chi connectivity index (χ2v) is 4.18. The lowest BCUT2D eigenvalue weighted by Gasteiger charge is -2.13. The van der Waals surface area contributed by atoms with Gasteiger partial charge in [0, 0.05) is 12.6 Å². The summed E-state index contributed by atoms with van der Waals surface area (Å²) in [7, 11) is 0. The molecule has 2 nitrogen and oxygen atoms in total. The van der Waals surface area contributed by atoms with Gasteiger partial charge in [0.25, 0.3) is 0 Å². The third kappa shape index (κ3) is 3.45. The quantitative estimate of drug-likeness (QED) is 0.638. The van der Waals surface area contributed by atoms with E-state index in [4.69, 9.17) is 5.73 Å².